The predicted octanol–water partition coefficient (Wildman–Crippen LogP) is 4.48. The number of aldehydes is 1. The second kappa shape index (κ2) is 7.23. The van der Waals surface area contributed by atoms with Crippen LogP contribution in [-0.2, 0) is 12.7 Å². The largest absolute Gasteiger partial charge is 0.434 e. The van der Waals surface area contributed by atoms with Crippen molar-refractivity contribution in [1.82, 2.24) is 9.88 Å². The van der Waals surface area contributed by atoms with E-state index < -0.39 is 11.9 Å². The highest BCUT2D eigenvalue weighted by Gasteiger charge is 2.37. The Kier molecular flexibility index (Phi) is 5.54. The summed E-state index contributed by atoms with van der Waals surface area (Å²) in [6, 6.07) is 7.23. The molecule has 1 aromatic heterocycles. The smallest absolute Gasteiger partial charge is 0.300 e. The minimum atomic E-state index is -4.63. The Morgan fingerprint density at radius 3 is 2.39 bits per heavy atom. The van der Waals surface area contributed by atoms with Gasteiger partial charge in [0.1, 0.15) is 5.01 Å². The Morgan fingerprint density at radius 1 is 1.22 bits per heavy atom. The van der Waals surface area contributed by atoms with E-state index in [1.807, 2.05) is 26.0 Å². The summed E-state index contributed by atoms with van der Waals surface area (Å²) < 4.78 is 38.9. The van der Waals surface area contributed by atoms with E-state index in [0.29, 0.717) is 12.1 Å². The Hall–Kier alpha value is -1.73. The number of carbonyl (C=O) groups is 1. The quantitative estimate of drug-likeness (QED) is 0.726. The molecule has 0 saturated heterocycles. The van der Waals surface area contributed by atoms with E-state index in [9.17, 15) is 18.0 Å². The fraction of sp³-hybridized carbons (Fsp3) is 0.375. The van der Waals surface area contributed by atoms with E-state index in [2.05, 4.69) is 9.88 Å². The standard InChI is InChI=1S/C16H17F3N2OS/c1-3-21(4-2)9-11-7-5-6-8-12(11)15-20-14(16(17,18)19)13(10-22)23-15/h5-8,10H,3-4,9H2,1-2H3. The first kappa shape index (κ1) is 17.6. The molecular weight excluding hydrogens is 325 g/mol. The van der Waals surface area contributed by atoms with E-state index in [4.69, 9.17) is 0 Å². The van der Waals surface area contributed by atoms with Gasteiger partial charge in [-0.25, -0.2) is 4.98 Å². The van der Waals surface area contributed by atoms with Gasteiger partial charge in [-0.2, -0.15) is 13.2 Å². The molecule has 1 aromatic carbocycles. The summed E-state index contributed by atoms with van der Waals surface area (Å²) in [4.78, 5) is 16.4. The second-order valence-corrected chi connectivity index (χ2v) is 6.00. The number of benzene rings is 1. The third kappa shape index (κ3) is 3.97. The van der Waals surface area contributed by atoms with Crippen molar-refractivity contribution in [3.8, 4) is 10.6 Å². The van der Waals surface area contributed by atoms with Crippen molar-refractivity contribution in [2.24, 2.45) is 0 Å². The number of aromatic nitrogens is 1. The Labute approximate surface area is 136 Å². The second-order valence-electron chi connectivity index (χ2n) is 4.97. The van der Waals surface area contributed by atoms with Gasteiger partial charge in [0, 0.05) is 12.1 Å². The van der Waals surface area contributed by atoms with E-state index in [0.717, 1.165) is 30.0 Å². The molecule has 0 radical (unpaired) electrons. The molecule has 1 heterocycles. The molecule has 0 fully saturated rings. The molecule has 7 heteroatoms. The maximum absolute atomic E-state index is 13.0. The zero-order valence-electron chi connectivity index (χ0n) is 12.9. The topological polar surface area (TPSA) is 33.2 Å². The lowest BCUT2D eigenvalue weighted by atomic mass is 10.1. The molecule has 0 aliphatic rings. The molecule has 0 aliphatic heterocycles. The van der Waals surface area contributed by atoms with Crippen LogP contribution >= 0.6 is 11.3 Å². The van der Waals surface area contributed by atoms with Crippen LogP contribution in [0.15, 0.2) is 24.3 Å². The average Bonchev–Trinajstić information content (AvgIpc) is 2.97. The molecule has 0 saturated carbocycles. The summed E-state index contributed by atoms with van der Waals surface area (Å²) in [6.07, 6.45) is -4.41. The van der Waals surface area contributed by atoms with Crippen molar-refractivity contribution in [2.75, 3.05) is 13.1 Å². The van der Waals surface area contributed by atoms with Gasteiger partial charge in [-0.15, -0.1) is 11.3 Å². The summed E-state index contributed by atoms with van der Waals surface area (Å²) in [5.41, 5.74) is 0.435. The highest BCUT2D eigenvalue weighted by molar-refractivity contribution is 7.16. The zero-order valence-corrected chi connectivity index (χ0v) is 13.7. The van der Waals surface area contributed by atoms with Gasteiger partial charge in [0.05, 0.1) is 4.88 Å². The maximum atomic E-state index is 13.0. The minimum absolute atomic E-state index is 0.219. The van der Waals surface area contributed by atoms with Crippen LogP contribution in [-0.4, -0.2) is 29.3 Å². The monoisotopic (exact) mass is 342 g/mol. The van der Waals surface area contributed by atoms with Crippen molar-refractivity contribution in [2.45, 2.75) is 26.6 Å². The highest BCUT2D eigenvalue weighted by Crippen LogP contribution is 2.37. The van der Waals surface area contributed by atoms with Gasteiger partial charge in [0.25, 0.3) is 0 Å². The number of carbonyl (C=O) groups excluding carboxylic acids is 1. The van der Waals surface area contributed by atoms with Crippen LogP contribution in [0.1, 0.15) is 34.8 Å². The lowest BCUT2D eigenvalue weighted by Gasteiger charge is -2.19. The number of rotatable bonds is 6. The van der Waals surface area contributed by atoms with Crippen molar-refractivity contribution in [3.05, 3.63) is 40.4 Å². The molecule has 2 aromatic rings. The van der Waals surface area contributed by atoms with Gasteiger partial charge >= 0.3 is 6.18 Å². The van der Waals surface area contributed by atoms with E-state index in [1.165, 1.54) is 0 Å². The van der Waals surface area contributed by atoms with Crippen molar-refractivity contribution >= 4 is 17.6 Å². The molecule has 2 rings (SSSR count). The lowest BCUT2D eigenvalue weighted by Crippen LogP contribution is -2.22. The predicted molar refractivity (Wildman–Crippen MR) is 84.6 cm³/mol. The molecular formula is C16H17F3N2OS. The fourth-order valence-electron chi connectivity index (χ4n) is 2.29. The van der Waals surface area contributed by atoms with Gasteiger partial charge in [-0.1, -0.05) is 38.1 Å². The summed E-state index contributed by atoms with van der Waals surface area (Å²) in [6.45, 7) is 6.37. The first-order valence-electron chi connectivity index (χ1n) is 7.24. The van der Waals surface area contributed by atoms with Gasteiger partial charge in [-0.05, 0) is 18.7 Å². The molecule has 0 unspecified atom stereocenters. The molecule has 124 valence electrons. The van der Waals surface area contributed by atoms with Gasteiger partial charge < -0.3 is 0 Å². The number of nitrogens with zero attached hydrogens (tertiary/aromatic N) is 2. The van der Waals surface area contributed by atoms with Crippen LogP contribution in [0.2, 0.25) is 0 Å². The summed E-state index contributed by atoms with van der Waals surface area (Å²) in [7, 11) is 0. The summed E-state index contributed by atoms with van der Waals surface area (Å²) in [5.74, 6) is 0. The third-order valence-corrected chi connectivity index (χ3v) is 4.58. The number of hydrogen-bond donors (Lipinski definition) is 0. The van der Waals surface area contributed by atoms with Crippen LogP contribution in [0.4, 0.5) is 13.2 Å². The normalized spacial score (nSPS) is 11.9. The number of hydrogen-bond acceptors (Lipinski definition) is 4. The zero-order chi connectivity index (χ0) is 17.0. The van der Waals surface area contributed by atoms with Crippen LogP contribution in [0.25, 0.3) is 10.6 Å². The molecule has 0 bridgehead atoms. The first-order chi connectivity index (χ1) is 10.9. The summed E-state index contributed by atoms with van der Waals surface area (Å²) >= 11 is 0.778. The average molecular weight is 342 g/mol. The number of halogens is 3. The molecule has 3 nitrogen and oxygen atoms in total. The molecule has 0 spiro atoms. The van der Waals surface area contributed by atoms with Crippen LogP contribution in [0.3, 0.4) is 0 Å². The van der Waals surface area contributed by atoms with Crippen LogP contribution < -0.4 is 0 Å². The Bertz CT molecular complexity index is 678. The molecule has 0 N–H and O–H groups in total. The van der Waals surface area contributed by atoms with Gasteiger partial charge in [0.15, 0.2) is 12.0 Å². The fourth-order valence-corrected chi connectivity index (χ4v) is 3.25. The SMILES string of the molecule is CCN(CC)Cc1ccccc1-c1nc(C(F)(F)F)c(C=O)s1. The van der Waals surface area contributed by atoms with Crippen molar-refractivity contribution in [3.63, 3.8) is 0 Å². The van der Waals surface area contributed by atoms with Crippen LogP contribution in [0, 0.1) is 0 Å². The van der Waals surface area contributed by atoms with E-state index in [1.54, 1.807) is 12.1 Å². The van der Waals surface area contributed by atoms with Gasteiger partial charge in [-0.3, -0.25) is 9.69 Å². The van der Waals surface area contributed by atoms with E-state index >= 15 is 0 Å². The third-order valence-electron chi connectivity index (χ3n) is 3.57. The van der Waals surface area contributed by atoms with Crippen molar-refractivity contribution < 1.29 is 18.0 Å². The molecule has 23 heavy (non-hydrogen) atoms. The lowest BCUT2D eigenvalue weighted by molar-refractivity contribution is -0.140. The highest BCUT2D eigenvalue weighted by atomic mass is 32.1. The first-order valence-corrected chi connectivity index (χ1v) is 8.06. The molecule has 0 amide bonds. The van der Waals surface area contributed by atoms with Crippen molar-refractivity contribution in [1.29, 1.82) is 0 Å². The Balaban J connectivity index is 2.47. The Morgan fingerprint density at radius 2 is 1.87 bits per heavy atom. The minimum Gasteiger partial charge on any atom is -0.300 e. The van der Waals surface area contributed by atoms with E-state index in [-0.39, 0.29) is 16.2 Å². The molecule has 0 aliphatic carbocycles. The molecule has 0 atom stereocenters. The maximum Gasteiger partial charge on any atom is 0.434 e. The number of alkyl halides is 3. The summed E-state index contributed by atoms with van der Waals surface area (Å²) in [5, 5.41) is 0.224. The number of thiazole rings is 1. The van der Waals surface area contributed by atoms with Crippen LogP contribution in [0.5, 0.6) is 0 Å². The van der Waals surface area contributed by atoms with Gasteiger partial charge in [0.2, 0.25) is 0 Å².